The van der Waals surface area contributed by atoms with Crippen LogP contribution in [0.25, 0.3) is 16.7 Å². The standard InChI is InChI=1S/C28H29F2N5O3/c1-16(34-9-5-17(6-10-34)26-21(29)12-18(28(37)38)13-22(26)30)24-15-20-23(4-8-32-27(20)33(24)3)35-11-7-19(31-2)14-25(35)36/h4,7-8,11-17,31H,5-6,9-10H2,1-3H3,(H,37,38)/t16-/m0/s1. The topological polar surface area (TPSA) is 92.4 Å². The lowest BCUT2D eigenvalue weighted by Gasteiger charge is -2.36. The van der Waals surface area contributed by atoms with Crippen molar-refractivity contribution in [3.8, 4) is 5.69 Å². The minimum absolute atomic E-state index is 0.00419. The van der Waals surface area contributed by atoms with Gasteiger partial charge >= 0.3 is 5.97 Å². The molecule has 1 aromatic carbocycles. The van der Waals surface area contributed by atoms with Crippen LogP contribution in [0.1, 0.15) is 53.3 Å². The first-order chi connectivity index (χ1) is 18.2. The molecule has 38 heavy (non-hydrogen) atoms. The molecule has 0 saturated carbocycles. The van der Waals surface area contributed by atoms with Gasteiger partial charge in [-0.2, -0.15) is 0 Å². The zero-order valence-electron chi connectivity index (χ0n) is 21.4. The van der Waals surface area contributed by atoms with Gasteiger partial charge in [-0.15, -0.1) is 0 Å². The summed E-state index contributed by atoms with van der Waals surface area (Å²) in [4.78, 5) is 30.7. The lowest BCUT2D eigenvalue weighted by atomic mass is 9.87. The highest BCUT2D eigenvalue weighted by molar-refractivity contribution is 5.88. The smallest absolute Gasteiger partial charge is 0.335 e. The molecule has 0 spiro atoms. The molecule has 0 unspecified atom stereocenters. The predicted octanol–water partition coefficient (Wildman–Crippen LogP) is 4.68. The third-order valence-corrected chi connectivity index (χ3v) is 7.65. The number of nitrogens with one attached hydrogen (secondary N) is 1. The van der Waals surface area contributed by atoms with Crippen molar-refractivity contribution in [2.75, 3.05) is 25.5 Å². The Morgan fingerprint density at radius 1 is 1.13 bits per heavy atom. The van der Waals surface area contributed by atoms with Crippen LogP contribution in [0.5, 0.6) is 0 Å². The van der Waals surface area contributed by atoms with Gasteiger partial charge in [0.2, 0.25) is 0 Å². The minimum Gasteiger partial charge on any atom is -0.478 e. The van der Waals surface area contributed by atoms with Gasteiger partial charge in [-0.1, -0.05) is 0 Å². The van der Waals surface area contributed by atoms with Crippen LogP contribution in [-0.2, 0) is 7.05 Å². The molecule has 10 heteroatoms. The van der Waals surface area contributed by atoms with Gasteiger partial charge in [-0.25, -0.2) is 18.6 Å². The number of fused-ring (bicyclic) bond motifs is 1. The second-order valence-electron chi connectivity index (χ2n) is 9.71. The number of aromatic nitrogens is 3. The molecular weight excluding hydrogens is 492 g/mol. The molecule has 0 amide bonds. The van der Waals surface area contributed by atoms with Crippen LogP contribution in [0.3, 0.4) is 0 Å². The van der Waals surface area contributed by atoms with Crippen molar-refractivity contribution >= 4 is 22.7 Å². The molecule has 1 saturated heterocycles. The summed E-state index contributed by atoms with van der Waals surface area (Å²) < 4.78 is 32.9. The number of halogens is 2. The van der Waals surface area contributed by atoms with E-state index in [1.54, 1.807) is 30.1 Å². The number of likely N-dealkylation sites (tertiary alicyclic amines) is 1. The van der Waals surface area contributed by atoms with Crippen molar-refractivity contribution in [1.82, 2.24) is 19.0 Å². The highest BCUT2D eigenvalue weighted by Gasteiger charge is 2.30. The summed E-state index contributed by atoms with van der Waals surface area (Å²) in [5.41, 5.74) is 2.68. The summed E-state index contributed by atoms with van der Waals surface area (Å²) in [7, 11) is 3.71. The number of aromatic carboxylic acids is 1. The van der Waals surface area contributed by atoms with Crippen molar-refractivity contribution in [2.45, 2.75) is 31.7 Å². The van der Waals surface area contributed by atoms with Crippen molar-refractivity contribution in [1.29, 1.82) is 0 Å². The monoisotopic (exact) mass is 521 g/mol. The van der Waals surface area contributed by atoms with E-state index in [1.807, 2.05) is 23.7 Å². The number of benzene rings is 1. The Balaban J connectivity index is 1.40. The molecule has 5 rings (SSSR count). The number of piperidine rings is 1. The molecule has 3 aromatic heterocycles. The van der Waals surface area contributed by atoms with E-state index in [9.17, 15) is 18.4 Å². The summed E-state index contributed by atoms with van der Waals surface area (Å²) in [6.45, 7) is 3.33. The van der Waals surface area contributed by atoms with Gasteiger partial charge in [-0.3, -0.25) is 14.3 Å². The zero-order chi connectivity index (χ0) is 27.1. The Morgan fingerprint density at radius 2 is 1.82 bits per heavy atom. The number of carboxylic acids is 1. The van der Waals surface area contributed by atoms with E-state index < -0.39 is 23.2 Å². The summed E-state index contributed by atoms with van der Waals surface area (Å²) >= 11 is 0. The average molecular weight is 522 g/mol. The molecule has 0 bridgehead atoms. The largest absolute Gasteiger partial charge is 0.478 e. The maximum atomic E-state index is 14.6. The van der Waals surface area contributed by atoms with Gasteiger partial charge in [0.1, 0.15) is 17.3 Å². The molecule has 2 N–H and O–H groups in total. The Bertz CT molecular complexity index is 1560. The third-order valence-electron chi connectivity index (χ3n) is 7.65. The van der Waals surface area contributed by atoms with Gasteiger partial charge in [-0.05, 0) is 69.1 Å². The lowest BCUT2D eigenvalue weighted by molar-refractivity contribution is 0.0695. The van der Waals surface area contributed by atoms with E-state index in [4.69, 9.17) is 5.11 Å². The van der Waals surface area contributed by atoms with Crippen molar-refractivity contribution in [2.24, 2.45) is 7.05 Å². The van der Waals surface area contributed by atoms with Crippen LogP contribution in [-0.4, -0.2) is 50.2 Å². The second kappa shape index (κ2) is 10.0. The molecular formula is C28H29F2N5O3. The van der Waals surface area contributed by atoms with Crippen molar-refractivity contribution in [3.05, 3.63) is 87.6 Å². The van der Waals surface area contributed by atoms with E-state index in [-0.39, 0.29) is 23.1 Å². The van der Waals surface area contributed by atoms with Crippen LogP contribution in [0.2, 0.25) is 0 Å². The fourth-order valence-corrected chi connectivity index (χ4v) is 5.53. The lowest BCUT2D eigenvalue weighted by Crippen LogP contribution is -2.36. The summed E-state index contributed by atoms with van der Waals surface area (Å²) in [6, 6.07) is 9.05. The zero-order valence-corrected chi connectivity index (χ0v) is 21.4. The number of pyridine rings is 2. The fraction of sp³-hybridized carbons (Fsp3) is 0.321. The Morgan fingerprint density at radius 3 is 2.42 bits per heavy atom. The molecule has 198 valence electrons. The maximum Gasteiger partial charge on any atom is 0.335 e. The van der Waals surface area contributed by atoms with E-state index in [2.05, 4.69) is 28.2 Å². The van der Waals surface area contributed by atoms with Crippen LogP contribution >= 0.6 is 0 Å². The summed E-state index contributed by atoms with van der Waals surface area (Å²) in [5, 5.41) is 12.9. The molecule has 4 heterocycles. The molecule has 0 radical (unpaired) electrons. The van der Waals surface area contributed by atoms with Crippen molar-refractivity contribution < 1.29 is 18.7 Å². The minimum atomic E-state index is -1.36. The van der Waals surface area contributed by atoms with Gasteiger partial charge < -0.3 is 15.0 Å². The number of carbonyl (C=O) groups is 1. The van der Waals surface area contributed by atoms with E-state index in [1.165, 1.54) is 0 Å². The number of hydrogen-bond acceptors (Lipinski definition) is 5. The highest BCUT2D eigenvalue weighted by Crippen LogP contribution is 2.36. The van der Waals surface area contributed by atoms with Gasteiger partial charge in [0, 0.05) is 60.9 Å². The molecule has 8 nitrogen and oxygen atoms in total. The Kier molecular flexibility index (Phi) is 6.75. The third kappa shape index (κ3) is 4.45. The number of anilines is 1. The SMILES string of the molecule is CNc1ccn(-c2ccnc3c2cc([C@H](C)N2CCC(c4c(F)cc(C(=O)O)cc4F)CC2)n3C)c(=O)c1. The first kappa shape index (κ1) is 25.6. The van der Waals surface area contributed by atoms with Gasteiger partial charge in [0.05, 0.1) is 11.3 Å². The van der Waals surface area contributed by atoms with Gasteiger partial charge in [0.15, 0.2) is 0 Å². The number of hydrogen-bond donors (Lipinski definition) is 2. The quantitative estimate of drug-likeness (QED) is 0.383. The van der Waals surface area contributed by atoms with Crippen molar-refractivity contribution in [3.63, 3.8) is 0 Å². The normalized spacial score (nSPS) is 15.6. The average Bonchev–Trinajstić information content (AvgIpc) is 3.24. The molecule has 1 aliphatic heterocycles. The Hall–Kier alpha value is -4.05. The Labute approximate surface area is 218 Å². The molecule has 1 atom stereocenters. The fourth-order valence-electron chi connectivity index (χ4n) is 5.53. The predicted molar refractivity (Wildman–Crippen MR) is 141 cm³/mol. The van der Waals surface area contributed by atoms with Gasteiger partial charge in [0.25, 0.3) is 5.56 Å². The first-order valence-electron chi connectivity index (χ1n) is 12.5. The summed E-state index contributed by atoms with van der Waals surface area (Å²) in [6.07, 6.45) is 4.52. The number of nitrogens with zero attached hydrogens (tertiary/aromatic N) is 4. The number of aryl methyl sites for hydroxylation is 1. The molecule has 4 aromatic rings. The number of carboxylic acid groups (broad SMARTS) is 1. The van der Waals surface area contributed by atoms with Crippen LogP contribution in [0, 0.1) is 11.6 Å². The highest BCUT2D eigenvalue weighted by atomic mass is 19.1. The second-order valence-corrected chi connectivity index (χ2v) is 9.71. The van der Waals surface area contributed by atoms with Crippen LogP contribution in [0.4, 0.5) is 14.5 Å². The van der Waals surface area contributed by atoms with Crippen LogP contribution < -0.4 is 10.9 Å². The molecule has 1 aliphatic rings. The molecule has 0 aliphatic carbocycles. The molecule has 1 fully saturated rings. The van der Waals surface area contributed by atoms with E-state index in [0.29, 0.717) is 25.9 Å². The van der Waals surface area contributed by atoms with E-state index in [0.717, 1.165) is 40.2 Å². The summed E-state index contributed by atoms with van der Waals surface area (Å²) in [5.74, 6) is -3.29. The van der Waals surface area contributed by atoms with E-state index >= 15 is 0 Å². The van der Waals surface area contributed by atoms with Crippen LogP contribution in [0.15, 0.2) is 53.6 Å². The maximum absolute atomic E-state index is 14.6. The number of rotatable bonds is 6. The first-order valence-corrected chi connectivity index (χ1v) is 12.5.